The highest BCUT2D eigenvalue weighted by Crippen LogP contribution is 2.38. The van der Waals surface area contributed by atoms with Gasteiger partial charge in [0, 0.05) is 17.8 Å². The van der Waals surface area contributed by atoms with Crippen LogP contribution in [0.2, 0.25) is 0 Å². The van der Waals surface area contributed by atoms with Crippen LogP contribution in [0.4, 0.5) is 10.7 Å². The Balaban J connectivity index is 1.67. The molecule has 1 aliphatic rings. The topological polar surface area (TPSA) is 116 Å². The number of ether oxygens (including phenoxy) is 1. The summed E-state index contributed by atoms with van der Waals surface area (Å²) in [5.74, 6) is -0.579. The normalized spacial score (nSPS) is 13.4. The summed E-state index contributed by atoms with van der Waals surface area (Å²) in [5.41, 5.74) is 2.39. The van der Waals surface area contributed by atoms with E-state index in [0.717, 1.165) is 42.5 Å². The Hall–Kier alpha value is -2.75. The summed E-state index contributed by atoms with van der Waals surface area (Å²) >= 11 is 1.47. The fourth-order valence-corrected chi connectivity index (χ4v) is 5.29. The highest BCUT2D eigenvalue weighted by molar-refractivity contribution is 7.17. The van der Waals surface area contributed by atoms with Gasteiger partial charge in [-0.3, -0.25) is 19.6 Å². The van der Waals surface area contributed by atoms with Crippen LogP contribution >= 0.6 is 11.3 Å². The molecule has 2 aromatic heterocycles. The average molecular weight is 449 g/mol. The standard InChI is InChI=1S/C21H28N4O5S/c1-4-30-21(27)18-15-9-6-5-7-10-16(15)31-20(18)22-17(26)11-8-12-24-14(3)19(25(28)29)13(2)23-24/h4-12H2,1-3H3,(H,22,26). The molecule has 0 spiro atoms. The molecule has 0 atom stereocenters. The Bertz CT molecular complexity index is 995. The summed E-state index contributed by atoms with van der Waals surface area (Å²) in [4.78, 5) is 37.0. The van der Waals surface area contributed by atoms with Crippen molar-refractivity contribution < 1.29 is 19.2 Å². The van der Waals surface area contributed by atoms with Gasteiger partial charge in [0.1, 0.15) is 16.4 Å². The van der Waals surface area contributed by atoms with Gasteiger partial charge < -0.3 is 10.1 Å². The zero-order chi connectivity index (χ0) is 22.5. The van der Waals surface area contributed by atoms with Crippen molar-refractivity contribution in [2.24, 2.45) is 0 Å². The number of rotatable bonds is 8. The number of esters is 1. The van der Waals surface area contributed by atoms with E-state index in [1.54, 1.807) is 25.5 Å². The highest BCUT2D eigenvalue weighted by atomic mass is 32.1. The number of carbonyl (C=O) groups excluding carboxylic acids is 2. The Labute approximate surface area is 184 Å². The number of aromatic nitrogens is 2. The van der Waals surface area contributed by atoms with Gasteiger partial charge in [0.2, 0.25) is 5.91 Å². The molecule has 1 N–H and O–H groups in total. The Kier molecular flexibility index (Phi) is 7.42. The number of aryl methyl sites for hydroxylation is 3. The van der Waals surface area contributed by atoms with Gasteiger partial charge in [0.05, 0.1) is 17.1 Å². The van der Waals surface area contributed by atoms with Crippen LogP contribution in [0.15, 0.2) is 0 Å². The monoisotopic (exact) mass is 448 g/mol. The first-order valence-electron chi connectivity index (χ1n) is 10.6. The fourth-order valence-electron chi connectivity index (χ4n) is 4.00. The number of carbonyl (C=O) groups is 2. The number of nitrogens with one attached hydrogen (secondary N) is 1. The maximum Gasteiger partial charge on any atom is 0.341 e. The first kappa shape index (κ1) is 22.9. The number of hydrogen-bond donors (Lipinski definition) is 1. The lowest BCUT2D eigenvalue weighted by molar-refractivity contribution is -0.386. The summed E-state index contributed by atoms with van der Waals surface area (Å²) in [6, 6.07) is 0. The maximum absolute atomic E-state index is 12.6. The van der Waals surface area contributed by atoms with Gasteiger partial charge in [0.25, 0.3) is 0 Å². The van der Waals surface area contributed by atoms with Crippen LogP contribution in [0.25, 0.3) is 0 Å². The van der Waals surface area contributed by atoms with E-state index in [-0.39, 0.29) is 30.6 Å². The van der Waals surface area contributed by atoms with Gasteiger partial charge in [-0.2, -0.15) is 5.10 Å². The maximum atomic E-state index is 12.6. The second-order valence-electron chi connectivity index (χ2n) is 7.64. The molecule has 31 heavy (non-hydrogen) atoms. The lowest BCUT2D eigenvalue weighted by atomic mass is 10.1. The first-order valence-corrected chi connectivity index (χ1v) is 11.4. The molecule has 0 saturated heterocycles. The molecule has 1 aliphatic carbocycles. The van der Waals surface area contributed by atoms with E-state index in [9.17, 15) is 19.7 Å². The van der Waals surface area contributed by atoms with Crippen molar-refractivity contribution in [2.75, 3.05) is 11.9 Å². The number of thiophene rings is 1. The van der Waals surface area contributed by atoms with Crippen LogP contribution in [0, 0.1) is 24.0 Å². The zero-order valence-electron chi connectivity index (χ0n) is 18.2. The number of nitro groups is 1. The molecule has 3 rings (SSSR count). The summed E-state index contributed by atoms with van der Waals surface area (Å²) in [7, 11) is 0. The van der Waals surface area contributed by atoms with Crippen LogP contribution < -0.4 is 5.32 Å². The minimum Gasteiger partial charge on any atom is -0.462 e. The molecule has 0 unspecified atom stereocenters. The van der Waals surface area contributed by atoms with Crippen molar-refractivity contribution in [1.82, 2.24) is 9.78 Å². The van der Waals surface area contributed by atoms with E-state index in [0.29, 0.717) is 34.9 Å². The highest BCUT2D eigenvalue weighted by Gasteiger charge is 2.27. The predicted octanol–water partition coefficient (Wildman–Crippen LogP) is 4.33. The van der Waals surface area contributed by atoms with Gasteiger partial charge >= 0.3 is 11.7 Å². The molecule has 1 amide bonds. The number of nitrogens with zero attached hydrogens (tertiary/aromatic N) is 3. The molecule has 9 nitrogen and oxygen atoms in total. The van der Waals surface area contributed by atoms with Gasteiger partial charge in [-0.25, -0.2) is 4.79 Å². The van der Waals surface area contributed by atoms with Crippen LogP contribution in [-0.4, -0.2) is 33.2 Å². The average Bonchev–Trinajstić information content (AvgIpc) is 3.07. The largest absolute Gasteiger partial charge is 0.462 e. The minimum atomic E-state index is -0.432. The molecule has 0 bridgehead atoms. The van der Waals surface area contributed by atoms with Crippen molar-refractivity contribution in [3.05, 3.63) is 37.5 Å². The molecule has 0 radical (unpaired) electrons. The third kappa shape index (κ3) is 5.12. The molecule has 0 aliphatic heterocycles. The van der Waals surface area contributed by atoms with Crippen molar-refractivity contribution >= 4 is 33.9 Å². The molecule has 2 heterocycles. The molecule has 2 aromatic rings. The number of amides is 1. The molecule has 0 fully saturated rings. The second kappa shape index (κ2) is 10.0. The quantitative estimate of drug-likeness (QED) is 0.278. The number of hydrogen-bond acceptors (Lipinski definition) is 7. The Morgan fingerprint density at radius 2 is 2.00 bits per heavy atom. The zero-order valence-corrected chi connectivity index (χ0v) is 19.0. The van der Waals surface area contributed by atoms with Crippen molar-refractivity contribution in [2.45, 2.75) is 72.3 Å². The molecule has 10 heteroatoms. The van der Waals surface area contributed by atoms with Crippen LogP contribution in [0.3, 0.4) is 0 Å². The molecular weight excluding hydrogens is 420 g/mol. The summed E-state index contributed by atoms with van der Waals surface area (Å²) in [6.45, 7) is 5.71. The van der Waals surface area contributed by atoms with E-state index in [2.05, 4.69) is 10.4 Å². The van der Waals surface area contributed by atoms with Crippen LogP contribution in [0.5, 0.6) is 0 Å². The van der Waals surface area contributed by atoms with Crippen LogP contribution in [-0.2, 0) is 28.9 Å². The molecule has 0 aromatic carbocycles. The fraction of sp³-hybridized carbons (Fsp3) is 0.571. The lowest BCUT2D eigenvalue weighted by Gasteiger charge is -2.09. The van der Waals surface area contributed by atoms with Crippen molar-refractivity contribution in [3.8, 4) is 0 Å². The lowest BCUT2D eigenvalue weighted by Crippen LogP contribution is -2.16. The number of fused-ring (bicyclic) bond motifs is 1. The summed E-state index contributed by atoms with van der Waals surface area (Å²) in [6.07, 6.45) is 5.68. The Morgan fingerprint density at radius 3 is 2.68 bits per heavy atom. The minimum absolute atomic E-state index is 0.0172. The third-order valence-corrected chi connectivity index (χ3v) is 6.66. The Morgan fingerprint density at radius 1 is 1.26 bits per heavy atom. The van der Waals surface area contributed by atoms with E-state index < -0.39 is 4.92 Å². The van der Waals surface area contributed by atoms with Crippen LogP contribution in [0.1, 0.15) is 71.2 Å². The van der Waals surface area contributed by atoms with Gasteiger partial charge in [-0.05, 0) is 58.4 Å². The molecule has 0 saturated carbocycles. The number of anilines is 1. The van der Waals surface area contributed by atoms with Gasteiger partial charge in [-0.15, -0.1) is 11.3 Å². The van der Waals surface area contributed by atoms with Crippen molar-refractivity contribution in [1.29, 1.82) is 0 Å². The third-order valence-electron chi connectivity index (χ3n) is 5.45. The molecular formula is C21H28N4O5S. The van der Waals surface area contributed by atoms with E-state index in [1.165, 1.54) is 11.3 Å². The molecule has 168 valence electrons. The van der Waals surface area contributed by atoms with Gasteiger partial charge in [-0.1, -0.05) is 6.42 Å². The second-order valence-corrected chi connectivity index (χ2v) is 8.75. The van der Waals surface area contributed by atoms with Gasteiger partial charge in [0.15, 0.2) is 0 Å². The summed E-state index contributed by atoms with van der Waals surface area (Å²) in [5, 5.41) is 18.8. The van der Waals surface area contributed by atoms with Crippen molar-refractivity contribution in [3.63, 3.8) is 0 Å². The summed E-state index contributed by atoms with van der Waals surface area (Å²) < 4.78 is 6.82. The van der Waals surface area contributed by atoms with E-state index >= 15 is 0 Å². The first-order chi connectivity index (χ1) is 14.8. The predicted molar refractivity (Wildman–Crippen MR) is 118 cm³/mol. The van der Waals surface area contributed by atoms with E-state index in [1.807, 2.05) is 0 Å². The smallest absolute Gasteiger partial charge is 0.341 e. The van der Waals surface area contributed by atoms with E-state index in [4.69, 9.17) is 4.74 Å². The SMILES string of the molecule is CCOC(=O)c1c(NC(=O)CCCn2nc(C)c([N+](=O)[O-])c2C)sc2c1CCCCC2.